The molecule has 1 heterocycles. The van der Waals surface area contributed by atoms with Crippen molar-refractivity contribution < 1.29 is 4.79 Å². The molecule has 0 saturated carbocycles. The minimum atomic E-state index is -0.431. The number of carbonyl (C=O) groups is 1. The van der Waals surface area contributed by atoms with Crippen LogP contribution in [-0.2, 0) is 11.2 Å². The van der Waals surface area contributed by atoms with E-state index in [1.165, 1.54) is 5.56 Å². The standard InChI is InChI=1S/C11H13BrN2O/c1-7(13)11(15)14-5-4-8-6-9(12)2-3-10(8)14/h2-3,6-7H,4-5,13H2,1H3/t7-/m0/s1. The van der Waals surface area contributed by atoms with Crippen LogP contribution < -0.4 is 10.6 Å². The van der Waals surface area contributed by atoms with Crippen LogP contribution in [0.15, 0.2) is 22.7 Å². The van der Waals surface area contributed by atoms with Gasteiger partial charge in [-0.05, 0) is 37.1 Å². The molecule has 0 aromatic heterocycles. The van der Waals surface area contributed by atoms with E-state index < -0.39 is 6.04 Å². The van der Waals surface area contributed by atoms with Gasteiger partial charge in [-0.2, -0.15) is 0 Å². The maximum atomic E-state index is 11.8. The predicted molar refractivity (Wildman–Crippen MR) is 63.8 cm³/mol. The topological polar surface area (TPSA) is 46.3 Å². The summed E-state index contributed by atoms with van der Waals surface area (Å²) in [5.41, 5.74) is 7.81. The zero-order valence-corrected chi connectivity index (χ0v) is 10.1. The van der Waals surface area contributed by atoms with Gasteiger partial charge in [0.2, 0.25) is 5.91 Å². The largest absolute Gasteiger partial charge is 0.320 e. The average Bonchev–Trinajstić information content (AvgIpc) is 2.59. The fourth-order valence-electron chi connectivity index (χ4n) is 1.85. The van der Waals surface area contributed by atoms with Crippen molar-refractivity contribution >= 4 is 27.5 Å². The zero-order chi connectivity index (χ0) is 11.0. The van der Waals surface area contributed by atoms with Crippen LogP contribution in [0, 0.1) is 0 Å². The fraction of sp³-hybridized carbons (Fsp3) is 0.364. The molecule has 0 saturated heterocycles. The molecule has 1 atom stereocenters. The first-order valence-corrected chi connectivity index (χ1v) is 5.74. The zero-order valence-electron chi connectivity index (χ0n) is 8.53. The lowest BCUT2D eigenvalue weighted by Gasteiger charge is -2.19. The van der Waals surface area contributed by atoms with Crippen molar-refractivity contribution in [2.75, 3.05) is 11.4 Å². The van der Waals surface area contributed by atoms with Gasteiger partial charge >= 0.3 is 0 Å². The first-order chi connectivity index (χ1) is 7.09. The van der Waals surface area contributed by atoms with Gasteiger partial charge in [0.1, 0.15) is 0 Å². The lowest BCUT2D eigenvalue weighted by Crippen LogP contribution is -2.41. The van der Waals surface area contributed by atoms with Crippen LogP contribution in [-0.4, -0.2) is 18.5 Å². The van der Waals surface area contributed by atoms with Gasteiger partial charge in [0.25, 0.3) is 0 Å². The van der Waals surface area contributed by atoms with Crippen LogP contribution >= 0.6 is 15.9 Å². The van der Waals surface area contributed by atoms with E-state index in [2.05, 4.69) is 22.0 Å². The first-order valence-electron chi connectivity index (χ1n) is 4.95. The highest BCUT2D eigenvalue weighted by atomic mass is 79.9. The molecule has 15 heavy (non-hydrogen) atoms. The van der Waals surface area contributed by atoms with Gasteiger partial charge in [-0.25, -0.2) is 0 Å². The lowest BCUT2D eigenvalue weighted by molar-refractivity contribution is -0.119. The molecule has 3 nitrogen and oxygen atoms in total. The third-order valence-corrected chi connectivity index (χ3v) is 3.09. The Labute approximate surface area is 97.4 Å². The quantitative estimate of drug-likeness (QED) is 0.843. The van der Waals surface area contributed by atoms with Gasteiger partial charge in [0.05, 0.1) is 6.04 Å². The minimum Gasteiger partial charge on any atom is -0.320 e. The highest BCUT2D eigenvalue weighted by molar-refractivity contribution is 9.10. The molecule has 0 aliphatic carbocycles. The minimum absolute atomic E-state index is 0.00364. The number of benzene rings is 1. The van der Waals surface area contributed by atoms with E-state index >= 15 is 0 Å². The van der Waals surface area contributed by atoms with Gasteiger partial charge in [0, 0.05) is 16.7 Å². The molecule has 0 radical (unpaired) electrons. The summed E-state index contributed by atoms with van der Waals surface area (Å²) in [6.45, 7) is 2.46. The Hall–Kier alpha value is -0.870. The maximum absolute atomic E-state index is 11.8. The van der Waals surface area contributed by atoms with Crippen LogP contribution in [0.25, 0.3) is 0 Å². The summed E-state index contributed by atoms with van der Waals surface area (Å²) in [5, 5.41) is 0. The lowest BCUT2D eigenvalue weighted by atomic mass is 10.2. The first kappa shape index (κ1) is 10.6. The van der Waals surface area contributed by atoms with Gasteiger partial charge in [-0.3, -0.25) is 4.79 Å². The monoisotopic (exact) mass is 268 g/mol. The van der Waals surface area contributed by atoms with Crippen LogP contribution in [0.1, 0.15) is 12.5 Å². The summed E-state index contributed by atoms with van der Waals surface area (Å²) < 4.78 is 1.05. The number of amides is 1. The second-order valence-electron chi connectivity index (χ2n) is 3.80. The molecule has 80 valence electrons. The summed E-state index contributed by atoms with van der Waals surface area (Å²) >= 11 is 3.42. The number of carbonyl (C=O) groups excluding carboxylic acids is 1. The van der Waals surface area contributed by atoms with Crippen molar-refractivity contribution in [1.29, 1.82) is 0 Å². The number of hydrogen-bond donors (Lipinski definition) is 1. The summed E-state index contributed by atoms with van der Waals surface area (Å²) in [6, 6.07) is 5.54. The smallest absolute Gasteiger partial charge is 0.243 e. The summed E-state index contributed by atoms with van der Waals surface area (Å²) in [6.07, 6.45) is 0.910. The molecule has 0 spiro atoms. The highest BCUT2D eigenvalue weighted by Gasteiger charge is 2.26. The number of anilines is 1. The van der Waals surface area contributed by atoms with Crippen LogP contribution in [0.4, 0.5) is 5.69 Å². The summed E-state index contributed by atoms with van der Waals surface area (Å²) in [7, 11) is 0. The van der Waals surface area contributed by atoms with Gasteiger partial charge in [-0.1, -0.05) is 15.9 Å². The third kappa shape index (κ3) is 1.92. The van der Waals surface area contributed by atoms with E-state index in [1.54, 1.807) is 11.8 Å². The van der Waals surface area contributed by atoms with E-state index in [-0.39, 0.29) is 5.91 Å². The van der Waals surface area contributed by atoms with E-state index in [4.69, 9.17) is 5.73 Å². The second kappa shape index (κ2) is 3.94. The number of nitrogens with two attached hydrogens (primary N) is 1. The van der Waals surface area contributed by atoms with E-state index in [1.807, 2.05) is 12.1 Å². The maximum Gasteiger partial charge on any atom is 0.243 e. The number of rotatable bonds is 1. The summed E-state index contributed by atoms with van der Waals surface area (Å²) in [4.78, 5) is 13.6. The Kier molecular flexibility index (Phi) is 2.80. The van der Waals surface area contributed by atoms with Crippen molar-refractivity contribution in [3.05, 3.63) is 28.2 Å². The Morgan fingerprint density at radius 3 is 3.00 bits per heavy atom. The number of hydrogen-bond acceptors (Lipinski definition) is 2. The Balaban J connectivity index is 2.33. The van der Waals surface area contributed by atoms with Crippen LogP contribution in [0.2, 0.25) is 0 Å². The molecular formula is C11H13BrN2O. The molecule has 4 heteroatoms. The Morgan fingerprint density at radius 1 is 1.60 bits per heavy atom. The van der Waals surface area contributed by atoms with E-state index in [9.17, 15) is 4.79 Å². The normalized spacial score (nSPS) is 16.3. The fourth-order valence-corrected chi connectivity index (χ4v) is 2.25. The molecule has 0 bridgehead atoms. The molecule has 1 aliphatic rings. The average molecular weight is 269 g/mol. The molecule has 2 rings (SSSR count). The molecule has 1 aliphatic heterocycles. The third-order valence-electron chi connectivity index (χ3n) is 2.59. The molecule has 2 N–H and O–H groups in total. The van der Waals surface area contributed by atoms with E-state index in [0.29, 0.717) is 0 Å². The molecule has 1 aromatic carbocycles. The molecule has 1 aromatic rings. The number of fused-ring (bicyclic) bond motifs is 1. The van der Waals surface area contributed by atoms with Crippen LogP contribution in [0.3, 0.4) is 0 Å². The van der Waals surface area contributed by atoms with E-state index in [0.717, 1.165) is 23.1 Å². The van der Waals surface area contributed by atoms with Crippen molar-refractivity contribution in [1.82, 2.24) is 0 Å². The Morgan fingerprint density at radius 2 is 2.33 bits per heavy atom. The number of halogens is 1. The van der Waals surface area contributed by atoms with Crippen molar-refractivity contribution in [2.45, 2.75) is 19.4 Å². The predicted octanol–water partition coefficient (Wildman–Crippen LogP) is 1.69. The second-order valence-corrected chi connectivity index (χ2v) is 4.72. The SMILES string of the molecule is C[C@H](N)C(=O)N1CCc2cc(Br)ccc21. The molecule has 1 amide bonds. The van der Waals surface area contributed by atoms with Gasteiger partial charge in [-0.15, -0.1) is 0 Å². The number of nitrogens with zero attached hydrogens (tertiary/aromatic N) is 1. The molecular weight excluding hydrogens is 256 g/mol. The molecule has 0 unspecified atom stereocenters. The van der Waals surface area contributed by atoms with Gasteiger partial charge < -0.3 is 10.6 Å². The van der Waals surface area contributed by atoms with Crippen molar-refractivity contribution in [3.63, 3.8) is 0 Å². The van der Waals surface area contributed by atoms with Crippen molar-refractivity contribution in [3.8, 4) is 0 Å². The molecule has 0 fully saturated rings. The Bertz CT molecular complexity index is 404. The van der Waals surface area contributed by atoms with Crippen molar-refractivity contribution in [2.24, 2.45) is 5.73 Å². The van der Waals surface area contributed by atoms with Crippen LogP contribution in [0.5, 0.6) is 0 Å². The summed E-state index contributed by atoms with van der Waals surface area (Å²) in [5.74, 6) is -0.00364. The highest BCUT2D eigenvalue weighted by Crippen LogP contribution is 2.30. The van der Waals surface area contributed by atoms with Gasteiger partial charge in [0.15, 0.2) is 0 Å².